The molecule has 0 fully saturated rings. The average Bonchev–Trinajstić information content (AvgIpc) is 2.54. The van der Waals surface area contributed by atoms with Gasteiger partial charge in [0, 0.05) is 5.71 Å². The number of hydrogen-bond acceptors (Lipinski definition) is 1. The molecule has 0 spiro atoms. The van der Waals surface area contributed by atoms with E-state index >= 15 is 0 Å². The SMILES string of the molecule is CC1=NC(c2ccccc2)C=C1. The Morgan fingerprint density at radius 2 is 1.92 bits per heavy atom. The molecule has 1 unspecified atom stereocenters. The van der Waals surface area contributed by atoms with Gasteiger partial charge in [-0.15, -0.1) is 0 Å². The van der Waals surface area contributed by atoms with E-state index in [1.54, 1.807) is 0 Å². The fourth-order valence-corrected chi connectivity index (χ4v) is 1.37. The molecule has 0 amide bonds. The van der Waals surface area contributed by atoms with Gasteiger partial charge in [-0.25, -0.2) is 0 Å². The highest BCUT2D eigenvalue weighted by Gasteiger charge is 2.09. The molecule has 1 aliphatic rings. The van der Waals surface area contributed by atoms with Gasteiger partial charge in [-0.05, 0) is 18.6 Å². The average molecular weight is 157 g/mol. The second-order valence-electron chi connectivity index (χ2n) is 2.99. The number of allylic oxidation sites excluding steroid dienone is 1. The van der Waals surface area contributed by atoms with Crippen molar-refractivity contribution in [2.24, 2.45) is 4.99 Å². The van der Waals surface area contributed by atoms with E-state index in [2.05, 4.69) is 29.3 Å². The topological polar surface area (TPSA) is 12.4 Å². The molecule has 0 aliphatic carbocycles. The van der Waals surface area contributed by atoms with Crippen LogP contribution in [0.15, 0.2) is 47.5 Å². The molecule has 1 atom stereocenters. The predicted molar refractivity (Wildman–Crippen MR) is 51.4 cm³/mol. The van der Waals surface area contributed by atoms with Crippen LogP contribution in [0.4, 0.5) is 0 Å². The van der Waals surface area contributed by atoms with Crippen molar-refractivity contribution in [1.29, 1.82) is 0 Å². The Bertz CT molecular complexity index is 322. The van der Waals surface area contributed by atoms with Crippen molar-refractivity contribution in [3.05, 3.63) is 48.0 Å². The Balaban J connectivity index is 2.29. The minimum Gasteiger partial charge on any atom is -0.278 e. The number of hydrogen-bond donors (Lipinski definition) is 0. The summed E-state index contributed by atoms with van der Waals surface area (Å²) >= 11 is 0. The molecule has 1 aromatic carbocycles. The molecule has 0 saturated carbocycles. The van der Waals surface area contributed by atoms with Crippen molar-refractivity contribution < 1.29 is 0 Å². The molecule has 0 radical (unpaired) electrons. The van der Waals surface area contributed by atoms with E-state index in [0.717, 1.165) is 5.71 Å². The zero-order valence-corrected chi connectivity index (χ0v) is 7.07. The van der Waals surface area contributed by atoms with Crippen molar-refractivity contribution in [1.82, 2.24) is 0 Å². The quantitative estimate of drug-likeness (QED) is 0.594. The van der Waals surface area contributed by atoms with Crippen molar-refractivity contribution in [2.75, 3.05) is 0 Å². The molecule has 1 aliphatic heterocycles. The van der Waals surface area contributed by atoms with Crippen molar-refractivity contribution in [3.63, 3.8) is 0 Å². The molecule has 60 valence electrons. The minimum absolute atomic E-state index is 0.256. The van der Waals surface area contributed by atoms with Gasteiger partial charge in [-0.1, -0.05) is 36.4 Å². The van der Waals surface area contributed by atoms with E-state index in [0.29, 0.717) is 0 Å². The Morgan fingerprint density at radius 1 is 1.17 bits per heavy atom. The van der Waals surface area contributed by atoms with Gasteiger partial charge in [0.05, 0.1) is 6.04 Å². The van der Waals surface area contributed by atoms with Crippen molar-refractivity contribution in [2.45, 2.75) is 13.0 Å². The second-order valence-corrected chi connectivity index (χ2v) is 2.99. The predicted octanol–water partition coefficient (Wildman–Crippen LogP) is 2.76. The smallest absolute Gasteiger partial charge is 0.0937 e. The van der Waals surface area contributed by atoms with E-state index in [9.17, 15) is 0 Å². The van der Waals surface area contributed by atoms with Crippen LogP contribution in [0.25, 0.3) is 0 Å². The van der Waals surface area contributed by atoms with E-state index in [4.69, 9.17) is 0 Å². The first kappa shape index (κ1) is 7.29. The first-order valence-corrected chi connectivity index (χ1v) is 4.14. The van der Waals surface area contributed by atoms with Crippen LogP contribution in [-0.2, 0) is 0 Å². The second kappa shape index (κ2) is 2.94. The van der Waals surface area contributed by atoms with Crippen LogP contribution in [0, 0.1) is 0 Å². The van der Waals surface area contributed by atoms with Gasteiger partial charge < -0.3 is 0 Å². The van der Waals surface area contributed by atoms with Crippen LogP contribution < -0.4 is 0 Å². The first-order chi connectivity index (χ1) is 5.86. The van der Waals surface area contributed by atoms with Crippen LogP contribution >= 0.6 is 0 Å². The Kier molecular flexibility index (Phi) is 1.78. The number of aliphatic imine (C=N–C) groups is 1. The molecule has 0 N–H and O–H groups in total. The zero-order valence-electron chi connectivity index (χ0n) is 7.07. The lowest BCUT2D eigenvalue weighted by atomic mass is 10.1. The molecule has 1 heteroatoms. The van der Waals surface area contributed by atoms with Crippen LogP contribution in [0.2, 0.25) is 0 Å². The van der Waals surface area contributed by atoms with Gasteiger partial charge in [0.15, 0.2) is 0 Å². The number of nitrogens with zero attached hydrogens (tertiary/aromatic N) is 1. The maximum Gasteiger partial charge on any atom is 0.0937 e. The van der Waals surface area contributed by atoms with Gasteiger partial charge in [-0.2, -0.15) is 0 Å². The third-order valence-corrected chi connectivity index (χ3v) is 2.00. The van der Waals surface area contributed by atoms with Crippen LogP contribution in [0.5, 0.6) is 0 Å². The van der Waals surface area contributed by atoms with Gasteiger partial charge in [0.25, 0.3) is 0 Å². The number of benzene rings is 1. The first-order valence-electron chi connectivity index (χ1n) is 4.14. The van der Waals surface area contributed by atoms with E-state index in [1.807, 2.05) is 25.1 Å². The lowest BCUT2D eigenvalue weighted by molar-refractivity contribution is 0.931. The third-order valence-electron chi connectivity index (χ3n) is 2.00. The Morgan fingerprint density at radius 3 is 2.50 bits per heavy atom. The monoisotopic (exact) mass is 157 g/mol. The molecule has 0 saturated heterocycles. The molecule has 0 bridgehead atoms. The van der Waals surface area contributed by atoms with Crippen molar-refractivity contribution >= 4 is 5.71 Å². The van der Waals surface area contributed by atoms with E-state index in [-0.39, 0.29) is 6.04 Å². The molecule has 0 aromatic heterocycles. The maximum absolute atomic E-state index is 4.46. The Hall–Kier alpha value is -1.37. The zero-order chi connectivity index (χ0) is 8.39. The lowest BCUT2D eigenvalue weighted by Gasteiger charge is -2.03. The highest BCUT2D eigenvalue weighted by molar-refractivity contribution is 5.94. The summed E-state index contributed by atoms with van der Waals surface area (Å²) in [6.07, 6.45) is 4.20. The molecular weight excluding hydrogens is 146 g/mol. The minimum atomic E-state index is 0.256. The lowest BCUT2D eigenvalue weighted by Crippen LogP contribution is -1.87. The van der Waals surface area contributed by atoms with Gasteiger partial charge in [0.1, 0.15) is 0 Å². The van der Waals surface area contributed by atoms with Gasteiger partial charge >= 0.3 is 0 Å². The van der Waals surface area contributed by atoms with E-state index in [1.165, 1.54) is 5.56 Å². The largest absolute Gasteiger partial charge is 0.278 e. The fourth-order valence-electron chi connectivity index (χ4n) is 1.37. The maximum atomic E-state index is 4.46. The van der Waals surface area contributed by atoms with Crippen molar-refractivity contribution in [3.8, 4) is 0 Å². The molecule has 1 heterocycles. The highest BCUT2D eigenvalue weighted by Crippen LogP contribution is 2.22. The summed E-state index contributed by atoms with van der Waals surface area (Å²) in [4.78, 5) is 4.46. The van der Waals surface area contributed by atoms with Crippen LogP contribution in [0.3, 0.4) is 0 Å². The summed E-state index contributed by atoms with van der Waals surface area (Å²) in [5.41, 5.74) is 2.38. The summed E-state index contributed by atoms with van der Waals surface area (Å²) in [6.45, 7) is 2.03. The summed E-state index contributed by atoms with van der Waals surface area (Å²) in [5, 5.41) is 0. The summed E-state index contributed by atoms with van der Waals surface area (Å²) in [5.74, 6) is 0. The standard InChI is InChI=1S/C11H11N/c1-9-7-8-11(12-9)10-5-3-2-4-6-10/h2-8,11H,1H3. The highest BCUT2D eigenvalue weighted by atomic mass is 14.8. The summed E-state index contributed by atoms with van der Waals surface area (Å²) in [6, 6.07) is 10.6. The summed E-state index contributed by atoms with van der Waals surface area (Å²) < 4.78 is 0. The molecule has 12 heavy (non-hydrogen) atoms. The molecular formula is C11H11N. The van der Waals surface area contributed by atoms with Crippen LogP contribution in [0.1, 0.15) is 18.5 Å². The van der Waals surface area contributed by atoms with Gasteiger partial charge in [0.2, 0.25) is 0 Å². The van der Waals surface area contributed by atoms with E-state index < -0.39 is 0 Å². The van der Waals surface area contributed by atoms with Crippen LogP contribution in [-0.4, -0.2) is 5.71 Å². The fraction of sp³-hybridized carbons (Fsp3) is 0.182. The number of rotatable bonds is 1. The normalized spacial score (nSPS) is 21.1. The third kappa shape index (κ3) is 1.30. The molecule has 2 rings (SSSR count). The molecule has 1 nitrogen and oxygen atoms in total. The summed E-state index contributed by atoms with van der Waals surface area (Å²) in [7, 11) is 0. The molecule has 1 aromatic rings. The van der Waals surface area contributed by atoms with Gasteiger partial charge in [-0.3, -0.25) is 4.99 Å². The Labute approximate surface area is 72.5 Å².